The summed E-state index contributed by atoms with van der Waals surface area (Å²) in [6, 6.07) is 8.15. The third-order valence-corrected chi connectivity index (χ3v) is 3.85. The summed E-state index contributed by atoms with van der Waals surface area (Å²) in [5.41, 5.74) is 7.78. The summed E-state index contributed by atoms with van der Waals surface area (Å²) < 4.78 is 0. The SMILES string of the molecule is N#Cc1cc(N(CCO)C2CCCCC2)ccc1N. The van der Waals surface area contributed by atoms with Crippen LogP contribution in [0.4, 0.5) is 11.4 Å². The highest BCUT2D eigenvalue weighted by Gasteiger charge is 2.21. The fourth-order valence-electron chi connectivity index (χ4n) is 2.84. The standard InChI is InChI=1S/C15H21N3O/c16-11-12-10-14(6-7-15(12)17)18(8-9-19)13-4-2-1-3-5-13/h6-7,10,13,19H,1-5,8-9,17H2. The predicted molar refractivity (Wildman–Crippen MR) is 76.9 cm³/mol. The van der Waals surface area contributed by atoms with E-state index in [4.69, 9.17) is 11.0 Å². The molecule has 1 aromatic rings. The van der Waals surface area contributed by atoms with Crippen molar-refractivity contribution in [3.8, 4) is 6.07 Å². The average molecular weight is 259 g/mol. The molecule has 19 heavy (non-hydrogen) atoms. The van der Waals surface area contributed by atoms with Gasteiger partial charge in [0.1, 0.15) is 6.07 Å². The zero-order valence-corrected chi connectivity index (χ0v) is 11.2. The van der Waals surface area contributed by atoms with Crippen molar-refractivity contribution >= 4 is 11.4 Å². The molecule has 1 saturated carbocycles. The molecule has 0 amide bonds. The van der Waals surface area contributed by atoms with Gasteiger partial charge in [0.05, 0.1) is 12.2 Å². The van der Waals surface area contributed by atoms with E-state index in [1.807, 2.05) is 12.1 Å². The maximum Gasteiger partial charge on any atom is 0.101 e. The van der Waals surface area contributed by atoms with Crippen molar-refractivity contribution in [3.05, 3.63) is 23.8 Å². The summed E-state index contributed by atoms with van der Waals surface area (Å²) in [6.07, 6.45) is 6.10. The molecule has 0 unspecified atom stereocenters. The van der Waals surface area contributed by atoms with Crippen LogP contribution in [-0.4, -0.2) is 24.3 Å². The Labute approximate surface area is 114 Å². The monoisotopic (exact) mass is 259 g/mol. The van der Waals surface area contributed by atoms with Gasteiger partial charge in [-0.1, -0.05) is 19.3 Å². The predicted octanol–water partition coefficient (Wildman–Crippen LogP) is 2.27. The Morgan fingerprint density at radius 3 is 2.68 bits per heavy atom. The number of hydrogen-bond acceptors (Lipinski definition) is 4. The van der Waals surface area contributed by atoms with Crippen LogP contribution in [0.2, 0.25) is 0 Å². The number of nitrogen functional groups attached to an aromatic ring is 1. The molecule has 1 aromatic carbocycles. The molecule has 0 aliphatic heterocycles. The molecule has 1 aliphatic rings. The Morgan fingerprint density at radius 2 is 2.05 bits per heavy atom. The van der Waals surface area contributed by atoms with Gasteiger partial charge in [-0.05, 0) is 31.0 Å². The highest BCUT2D eigenvalue weighted by atomic mass is 16.3. The molecular weight excluding hydrogens is 238 g/mol. The Hall–Kier alpha value is -1.73. The van der Waals surface area contributed by atoms with Crippen LogP contribution in [0.1, 0.15) is 37.7 Å². The lowest BCUT2D eigenvalue weighted by molar-refractivity contribution is 0.290. The maximum atomic E-state index is 9.28. The second kappa shape index (κ2) is 6.44. The molecule has 0 radical (unpaired) electrons. The van der Waals surface area contributed by atoms with E-state index in [0.717, 1.165) is 18.5 Å². The minimum atomic E-state index is 0.128. The molecule has 0 spiro atoms. The number of benzene rings is 1. The van der Waals surface area contributed by atoms with Gasteiger partial charge < -0.3 is 15.7 Å². The van der Waals surface area contributed by atoms with Gasteiger partial charge in [-0.15, -0.1) is 0 Å². The van der Waals surface area contributed by atoms with Crippen LogP contribution >= 0.6 is 0 Å². The van der Waals surface area contributed by atoms with Crippen LogP contribution in [0.3, 0.4) is 0 Å². The molecule has 0 heterocycles. The molecule has 0 atom stereocenters. The number of nitrogens with two attached hydrogens (primary N) is 1. The van der Waals surface area contributed by atoms with E-state index in [-0.39, 0.29) is 6.61 Å². The lowest BCUT2D eigenvalue weighted by atomic mass is 9.93. The number of rotatable bonds is 4. The Balaban J connectivity index is 2.25. The van der Waals surface area contributed by atoms with Gasteiger partial charge in [-0.2, -0.15) is 5.26 Å². The molecule has 102 valence electrons. The van der Waals surface area contributed by atoms with Crippen LogP contribution in [0.15, 0.2) is 18.2 Å². The van der Waals surface area contributed by atoms with E-state index in [1.54, 1.807) is 6.07 Å². The number of nitrogens with zero attached hydrogens (tertiary/aromatic N) is 2. The number of aliphatic hydroxyl groups is 1. The first-order chi connectivity index (χ1) is 9.26. The molecule has 0 bridgehead atoms. The van der Waals surface area contributed by atoms with Crippen molar-refractivity contribution in [3.63, 3.8) is 0 Å². The van der Waals surface area contributed by atoms with Crippen molar-refractivity contribution in [1.82, 2.24) is 0 Å². The first-order valence-electron chi connectivity index (χ1n) is 6.93. The van der Waals surface area contributed by atoms with Crippen molar-refractivity contribution in [2.75, 3.05) is 23.8 Å². The lowest BCUT2D eigenvalue weighted by Crippen LogP contribution is -2.38. The molecular formula is C15H21N3O. The molecule has 0 aromatic heterocycles. The van der Waals surface area contributed by atoms with E-state index >= 15 is 0 Å². The summed E-state index contributed by atoms with van der Waals surface area (Å²) in [6.45, 7) is 0.738. The fourth-order valence-corrected chi connectivity index (χ4v) is 2.84. The largest absolute Gasteiger partial charge is 0.398 e. The summed E-state index contributed by atoms with van der Waals surface area (Å²) in [5, 5.41) is 18.3. The second-order valence-electron chi connectivity index (χ2n) is 5.09. The Bertz CT molecular complexity index is 461. The Kier molecular flexibility index (Phi) is 4.64. The van der Waals surface area contributed by atoms with Crippen LogP contribution in [-0.2, 0) is 0 Å². The molecule has 4 heteroatoms. The number of aliphatic hydroxyl groups excluding tert-OH is 1. The van der Waals surface area contributed by atoms with E-state index in [9.17, 15) is 5.11 Å². The van der Waals surface area contributed by atoms with Crippen molar-refractivity contribution in [1.29, 1.82) is 5.26 Å². The normalized spacial score (nSPS) is 16.0. The summed E-state index contributed by atoms with van der Waals surface area (Å²) in [4.78, 5) is 2.22. The van der Waals surface area contributed by atoms with Gasteiger partial charge in [0.15, 0.2) is 0 Å². The lowest BCUT2D eigenvalue weighted by Gasteiger charge is -2.36. The van der Waals surface area contributed by atoms with Crippen LogP contribution in [0.25, 0.3) is 0 Å². The summed E-state index contributed by atoms with van der Waals surface area (Å²) in [5.74, 6) is 0. The van der Waals surface area contributed by atoms with Crippen LogP contribution in [0, 0.1) is 11.3 Å². The minimum absolute atomic E-state index is 0.128. The fraction of sp³-hybridized carbons (Fsp3) is 0.533. The molecule has 1 aliphatic carbocycles. The smallest absolute Gasteiger partial charge is 0.101 e. The molecule has 0 saturated heterocycles. The van der Waals surface area contributed by atoms with E-state index in [1.165, 1.54) is 19.3 Å². The third-order valence-electron chi connectivity index (χ3n) is 3.85. The van der Waals surface area contributed by atoms with Gasteiger partial charge in [0, 0.05) is 24.0 Å². The summed E-state index contributed by atoms with van der Waals surface area (Å²) >= 11 is 0. The third kappa shape index (κ3) is 3.18. The van der Waals surface area contributed by atoms with Crippen LogP contribution < -0.4 is 10.6 Å². The van der Waals surface area contributed by atoms with Gasteiger partial charge in [-0.3, -0.25) is 0 Å². The van der Waals surface area contributed by atoms with Crippen LogP contribution in [0.5, 0.6) is 0 Å². The number of hydrogen-bond donors (Lipinski definition) is 2. The highest BCUT2D eigenvalue weighted by molar-refractivity contribution is 5.63. The van der Waals surface area contributed by atoms with Gasteiger partial charge in [0.25, 0.3) is 0 Å². The second-order valence-corrected chi connectivity index (χ2v) is 5.09. The van der Waals surface area contributed by atoms with E-state index in [2.05, 4.69) is 11.0 Å². The quantitative estimate of drug-likeness (QED) is 0.813. The Morgan fingerprint density at radius 1 is 1.32 bits per heavy atom. The number of anilines is 2. The van der Waals surface area contributed by atoms with Gasteiger partial charge in [0.2, 0.25) is 0 Å². The van der Waals surface area contributed by atoms with Gasteiger partial charge >= 0.3 is 0 Å². The number of nitriles is 1. The minimum Gasteiger partial charge on any atom is -0.398 e. The van der Waals surface area contributed by atoms with E-state index < -0.39 is 0 Å². The van der Waals surface area contributed by atoms with Crippen molar-refractivity contribution < 1.29 is 5.11 Å². The summed E-state index contributed by atoms with van der Waals surface area (Å²) in [7, 11) is 0. The molecule has 4 nitrogen and oxygen atoms in total. The maximum absolute atomic E-state index is 9.28. The van der Waals surface area contributed by atoms with E-state index in [0.29, 0.717) is 23.8 Å². The molecule has 1 fully saturated rings. The first-order valence-corrected chi connectivity index (χ1v) is 6.93. The average Bonchev–Trinajstić information content (AvgIpc) is 2.46. The van der Waals surface area contributed by atoms with Crippen molar-refractivity contribution in [2.24, 2.45) is 0 Å². The van der Waals surface area contributed by atoms with Crippen molar-refractivity contribution in [2.45, 2.75) is 38.1 Å². The first kappa shape index (κ1) is 13.7. The molecule has 3 N–H and O–H groups in total. The topological polar surface area (TPSA) is 73.3 Å². The zero-order valence-electron chi connectivity index (χ0n) is 11.2. The zero-order chi connectivity index (χ0) is 13.7. The molecule has 2 rings (SSSR count). The van der Waals surface area contributed by atoms with Gasteiger partial charge in [-0.25, -0.2) is 0 Å². The highest BCUT2D eigenvalue weighted by Crippen LogP contribution is 2.28.